The Morgan fingerprint density at radius 1 is 1.07 bits per heavy atom. The van der Waals surface area contributed by atoms with E-state index in [1.165, 1.54) is 22.9 Å². The van der Waals surface area contributed by atoms with E-state index >= 15 is 0 Å². The van der Waals surface area contributed by atoms with E-state index in [0.29, 0.717) is 23.7 Å². The quantitative estimate of drug-likeness (QED) is 0.594. The standard InChI is InChI=1S/C20H22ClN3O3/c1-14-6-7-24(17(25)12-14)18(19(26)15-4-3-5-16(21)13-15)20(27)23-10-8-22(2)9-11-23/h3-7,12-13,18H,8-11H2,1-2H3. The topological polar surface area (TPSA) is 62.6 Å². The number of pyridine rings is 1. The number of piperazine rings is 1. The van der Waals surface area contributed by atoms with E-state index in [4.69, 9.17) is 11.6 Å². The van der Waals surface area contributed by atoms with Crippen LogP contribution in [-0.2, 0) is 4.79 Å². The Balaban J connectivity index is 2.02. The third-order valence-electron chi connectivity index (χ3n) is 4.79. The monoisotopic (exact) mass is 387 g/mol. The van der Waals surface area contributed by atoms with Crippen LogP contribution in [0.4, 0.5) is 0 Å². The number of aryl methyl sites for hydroxylation is 1. The number of Topliss-reactive ketones (excluding diaryl/α,β-unsaturated/α-hetero) is 1. The van der Waals surface area contributed by atoms with Crippen molar-refractivity contribution in [3.8, 4) is 0 Å². The van der Waals surface area contributed by atoms with Gasteiger partial charge in [-0.3, -0.25) is 19.0 Å². The minimum atomic E-state index is -1.24. The molecule has 1 aromatic heterocycles. The first-order valence-electron chi connectivity index (χ1n) is 8.83. The van der Waals surface area contributed by atoms with Crippen molar-refractivity contribution in [2.24, 2.45) is 0 Å². The van der Waals surface area contributed by atoms with Crippen LogP contribution in [0, 0.1) is 6.92 Å². The summed E-state index contributed by atoms with van der Waals surface area (Å²) >= 11 is 6.01. The van der Waals surface area contributed by atoms with Gasteiger partial charge in [-0.05, 0) is 37.7 Å². The van der Waals surface area contributed by atoms with Crippen molar-refractivity contribution in [3.63, 3.8) is 0 Å². The van der Waals surface area contributed by atoms with Crippen LogP contribution in [-0.4, -0.2) is 59.3 Å². The molecule has 2 heterocycles. The van der Waals surface area contributed by atoms with Crippen molar-refractivity contribution in [2.45, 2.75) is 13.0 Å². The molecular formula is C20H22ClN3O3. The Morgan fingerprint density at radius 3 is 2.41 bits per heavy atom. The summed E-state index contributed by atoms with van der Waals surface area (Å²) in [4.78, 5) is 42.7. The molecule has 1 atom stereocenters. The van der Waals surface area contributed by atoms with E-state index in [2.05, 4.69) is 4.90 Å². The van der Waals surface area contributed by atoms with Crippen molar-refractivity contribution in [2.75, 3.05) is 33.2 Å². The average Bonchev–Trinajstić information content (AvgIpc) is 2.64. The van der Waals surface area contributed by atoms with Crippen molar-refractivity contribution in [3.05, 3.63) is 69.1 Å². The summed E-state index contributed by atoms with van der Waals surface area (Å²) in [5.74, 6) is -0.800. The second-order valence-corrected chi connectivity index (χ2v) is 7.29. The first-order chi connectivity index (χ1) is 12.9. The van der Waals surface area contributed by atoms with Gasteiger partial charge in [-0.15, -0.1) is 0 Å². The normalized spacial score (nSPS) is 16.2. The molecule has 0 N–H and O–H groups in total. The fourth-order valence-corrected chi connectivity index (χ4v) is 3.35. The second-order valence-electron chi connectivity index (χ2n) is 6.86. The highest BCUT2D eigenvalue weighted by atomic mass is 35.5. The van der Waals surface area contributed by atoms with Crippen molar-refractivity contribution in [1.29, 1.82) is 0 Å². The van der Waals surface area contributed by atoms with Gasteiger partial charge in [-0.1, -0.05) is 23.7 Å². The lowest BCUT2D eigenvalue weighted by Crippen LogP contribution is -2.51. The van der Waals surface area contributed by atoms with E-state index in [1.807, 2.05) is 7.05 Å². The molecule has 0 aliphatic carbocycles. The molecule has 142 valence electrons. The molecule has 0 spiro atoms. The Morgan fingerprint density at radius 2 is 1.78 bits per heavy atom. The van der Waals surface area contributed by atoms with Crippen molar-refractivity contribution >= 4 is 23.3 Å². The fourth-order valence-electron chi connectivity index (χ4n) is 3.16. The van der Waals surface area contributed by atoms with Crippen molar-refractivity contribution < 1.29 is 9.59 Å². The summed E-state index contributed by atoms with van der Waals surface area (Å²) in [6.45, 7) is 4.30. The van der Waals surface area contributed by atoms with Crippen LogP contribution in [0.3, 0.4) is 0 Å². The Labute approximate surface area is 163 Å². The number of aromatic nitrogens is 1. The predicted octanol–water partition coefficient (Wildman–Crippen LogP) is 2.01. The SMILES string of the molecule is Cc1ccn(C(C(=O)c2cccc(Cl)c2)C(=O)N2CCN(C)CC2)c(=O)c1. The van der Waals surface area contributed by atoms with Gasteiger partial charge in [0.2, 0.25) is 0 Å². The maximum absolute atomic E-state index is 13.2. The molecule has 1 fully saturated rings. The van der Waals surface area contributed by atoms with Gasteiger partial charge in [0.25, 0.3) is 11.5 Å². The third-order valence-corrected chi connectivity index (χ3v) is 5.02. The molecular weight excluding hydrogens is 366 g/mol. The molecule has 7 heteroatoms. The van der Waals surface area contributed by atoms with Crippen LogP contribution < -0.4 is 5.56 Å². The number of carbonyl (C=O) groups excluding carboxylic acids is 2. The van der Waals surface area contributed by atoms with E-state index in [-0.39, 0.29) is 11.5 Å². The highest BCUT2D eigenvalue weighted by Crippen LogP contribution is 2.20. The molecule has 0 saturated carbocycles. The molecule has 3 rings (SSSR count). The molecule has 6 nitrogen and oxygen atoms in total. The van der Waals surface area contributed by atoms with E-state index in [1.54, 1.807) is 36.1 Å². The molecule has 2 aromatic rings. The van der Waals surface area contributed by atoms with Gasteiger partial charge >= 0.3 is 0 Å². The van der Waals surface area contributed by atoms with Gasteiger partial charge in [0.05, 0.1) is 0 Å². The molecule has 0 bridgehead atoms. The number of nitrogens with zero attached hydrogens (tertiary/aromatic N) is 3. The Bertz CT molecular complexity index is 917. The number of rotatable bonds is 4. The molecule has 1 saturated heterocycles. The van der Waals surface area contributed by atoms with Crippen LogP contribution in [0.1, 0.15) is 22.0 Å². The van der Waals surface area contributed by atoms with Gasteiger partial charge in [0, 0.05) is 49.0 Å². The number of amides is 1. The number of likely N-dealkylation sites (N-methyl/N-ethyl adjacent to an activating group) is 1. The lowest BCUT2D eigenvalue weighted by molar-refractivity contribution is -0.135. The van der Waals surface area contributed by atoms with Crippen LogP contribution in [0.5, 0.6) is 0 Å². The number of carbonyl (C=O) groups is 2. The summed E-state index contributed by atoms with van der Waals surface area (Å²) in [6.07, 6.45) is 1.51. The van der Waals surface area contributed by atoms with Crippen molar-refractivity contribution in [1.82, 2.24) is 14.4 Å². The van der Waals surface area contributed by atoms with Gasteiger partial charge in [-0.25, -0.2) is 0 Å². The molecule has 0 radical (unpaired) electrons. The number of hydrogen-bond donors (Lipinski definition) is 0. The van der Waals surface area contributed by atoms with Crippen LogP contribution in [0.2, 0.25) is 5.02 Å². The second kappa shape index (κ2) is 8.06. The summed E-state index contributed by atoms with van der Waals surface area (Å²) < 4.78 is 1.22. The number of benzene rings is 1. The average molecular weight is 388 g/mol. The highest BCUT2D eigenvalue weighted by molar-refractivity contribution is 6.31. The zero-order valence-electron chi connectivity index (χ0n) is 15.4. The van der Waals surface area contributed by atoms with E-state index < -0.39 is 11.8 Å². The van der Waals surface area contributed by atoms with E-state index in [0.717, 1.165) is 18.7 Å². The maximum Gasteiger partial charge on any atom is 0.253 e. The first kappa shape index (κ1) is 19.3. The minimum Gasteiger partial charge on any atom is -0.338 e. The zero-order chi connectivity index (χ0) is 19.6. The predicted molar refractivity (Wildman–Crippen MR) is 104 cm³/mol. The largest absolute Gasteiger partial charge is 0.338 e. The van der Waals surface area contributed by atoms with Crippen LogP contribution in [0.15, 0.2) is 47.4 Å². The molecule has 1 unspecified atom stereocenters. The fraction of sp³-hybridized carbons (Fsp3) is 0.350. The number of hydrogen-bond acceptors (Lipinski definition) is 4. The van der Waals surface area contributed by atoms with Gasteiger partial charge in [0.1, 0.15) is 0 Å². The first-order valence-corrected chi connectivity index (χ1v) is 9.20. The summed E-state index contributed by atoms with van der Waals surface area (Å²) in [6, 6.07) is 8.36. The third kappa shape index (κ3) is 4.28. The molecule has 27 heavy (non-hydrogen) atoms. The molecule has 1 aliphatic heterocycles. The summed E-state index contributed by atoms with van der Waals surface area (Å²) in [7, 11) is 1.99. The minimum absolute atomic E-state index is 0.308. The van der Waals surface area contributed by atoms with Crippen LogP contribution in [0.25, 0.3) is 0 Å². The zero-order valence-corrected chi connectivity index (χ0v) is 16.1. The van der Waals surface area contributed by atoms with Gasteiger partial charge in [-0.2, -0.15) is 0 Å². The smallest absolute Gasteiger partial charge is 0.253 e. The number of halogens is 1. The molecule has 1 aromatic carbocycles. The summed E-state index contributed by atoms with van der Waals surface area (Å²) in [5.41, 5.74) is 0.706. The lowest BCUT2D eigenvalue weighted by Gasteiger charge is -2.34. The van der Waals surface area contributed by atoms with E-state index in [9.17, 15) is 14.4 Å². The Kier molecular flexibility index (Phi) is 5.77. The molecule has 1 aliphatic rings. The molecule has 1 amide bonds. The van der Waals surface area contributed by atoms with Gasteiger partial charge in [0.15, 0.2) is 11.8 Å². The van der Waals surface area contributed by atoms with Gasteiger partial charge < -0.3 is 9.80 Å². The number of ketones is 1. The maximum atomic E-state index is 13.2. The Hall–Kier alpha value is -2.44. The summed E-state index contributed by atoms with van der Waals surface area (Å²) in [5, 5.41) is 0.405. The lowest BCUT2D eigenvalue weighted by atomic mass is 10.0. The highest BCUT2D eigenvalue weighted by Gasteiger charge is 2.34. The van der Waals surface area contributed by atoms with Crippen LogP contribution >= 0.6 is 11.6 Å².